The molecule has 0 unspecified atom stereocenters. The largest absolute Gasteiger partial charge is 0.356 e. The van der Waals surface area contributed by atoms with E-state index in [9.17, 15) is 9.59 Å². The first-order valence-corrected chi connectivity index (χ1v) is 8.27. The van der Waals surface area contributed by atoms with Crippen LogP contribution in [0.4, 0.5) is 0 Å². The lowest BCUT2D eigenvalue weighted by Gasteiger charge is -2.08. The Hall–Kier alpha value is -2.96. The van der Waals surface area contributed by atoms with Gasteiger partial charge >= 0.3 is 0 Å². The zero-order chi connectivity index (χ0) is 17.8. The van der Waals surface area contributed by atoms with Crippen LogP contribution in [-0.2, 0) is 17.8 Å². The van der Waals surface area contributed by atoms with Gasteiger partial charge in [-0.1, -0.05) is 12.1 Å². The number of para-hydroxylation sites is 2. The molecule has 1 amide bonds. The smallest absolute Gasteiger partial charge is 0.254 e. The molecule has 0 aliphatic rings. The monoisotopic (exact) mass is 339 g/mol. The molecule has 2 heterocycles. The number of rotatable bonds is 6. The Balaban J connectivity index is 1.51. The maximum atomic E-state index is 12.1. The van der Waals surface area contributed by atoms with Gasteiger partial charge < -0.3 is 14.9 Å². The number of aromatic nitrogens is 4. The molecule has 0 atom stereocenters. The molecule has 0 spiro atoms. The van der Waals surface area contributed by atoms with E-state index in [1.807, 2.05) is 30.6 Å². The van der Waals surface area contributed by atoms with Crippen LogP contribution in [0.5, 0.6) is 0 Å². The van der Waals surface area contributed by atoms with Crippen molar-refractivity contribution in [2.45, 2.75) is 33.2 Å². The predicted octanol–water partition coefficient (Wildman–Crippen LogP) is 1.49. The van der Waals surface area contributed by atoms with Gasteiger partial charge in [-0.05, 0) is 32.4 Å². The van der Waals surface area contributed by atoms with E-state index in [0.717, 1.165) is 24.0 Å². The standard InChI is InChI=1S/C18H21N5O2/c1-12-15(21-13(2)22-18(12)25)10-17(24)19-8-5-9-23-11-20-14-6-3-4-7-16(14)23/h3-4,6-7,11H,5,8-10H2,1-2H3,(H,19,24)(H,21,22,25). The molecule has 0 aliphatic heterocycles. The van der Waals surface area contributed by atoms with Crippen LogP contribution < -0.4 is 10.9 Å². The molecule has 0 aliphatic carbocycles. The van der Waals surface area contributed by atoms with E-state index >= 15 is 0 Å². The van der Waals surface area contributed by atoms with Gasteiger partial charge in [0, 0.05) is 18.7 Å². The van der Waals surface area contributed by atoms with Crippen LogP contribution >= 0.6 is 0 Å². The molecule has 3 rings (SSSR count). The molecule has 7 heteroatoms. The van der Waals surface area contributed by atoms with E-state index in [2.05, 4.69) is 24.8 Å². The SMILES string of the molecule is Cc1nc(CC(=O)NCCCn2cnc3ccccc32)c(C)c(=O)[nH]1. The molecule has 25 heavy (non-hydrogen) atoms. The number of benzene rings is 1. The van der Waals surface area contributed by atoms with Gasteiger partial charge in [-0.25, -0.2) is 9.97 Å². The number of imidazole rings is 1. The number of nitrogens with one attached hydrogen (secondary N) is 2. The molecule has 2 N–H and O–H groups in total. The maximum Gasteiger partial charge on any atom is 0.254 e. The van der Waals surface area contributed by atoms with Crippen molar-refractivity contribution in [1.82, 2.24) is 24.8 Å². The van der Waals surface area contributed by atoms with Crippen molar-refractivity contribution in [2.75, 3.05) is 6.54 Å². The van der Waals surface area contributed by atoms with Crippen molar-refractivity contribution in [3.8, 4) is 0 Å². The minimum absolute atomic E-state index is 0.116. The van der Waals surface area contributed by atoms with Crippen molar-refractivity contribution in [3.63, 3.8) is 0 Å². The molecular weight excluding hydrogens is 318 g/mol. The molecule has 3 aromatic rings. The highest BCUT2D eigenvalue weighted by molar-refractivity contribution is 5.78. The van der Waals surface area contributed by atoms with Crippen molar-refractivity contribution >= 4 is 16.9 Å². The van der Waals surface area contributed by atoms with E-state index < -0.39 is 0 Å². The second-order valence-corrected chi connectivity index (χ2v) is 6.03. The molecule has 0 fully saturated rings. The molecule has 130 valence electrons. The average Bonchev–Trinajstić information content (AvgIpc) is 2.99. The first-order valence-electron chi connectivity index (χ1n) is 8.27. The highest BCUT2D eigenvalue weighted by Gasteiger charge is 2.10. The average molecular weight is 339 g/mol. The summed E-state index contributed by atoms with van der Waals surface area (Å²) in [5.74, 6) is 0.390. The maximum absolute atomic E-state index is 12.1. The summed E-state index contributed by atoms with van der Waals surface area (Å²) in [4.78, 5) is 35.0. The fourth-order valence-corrected chi connectivity index (χ4v) is 2.76. The number of carbonyl (C=O) groups is 1. The van der Waals surface area contributed by atoms with E-state index in [1.165, 1.54) is 0 Å². The summed E-state index contributed by atoms with van der Waals surface area (Å²) in [5, 5.41) is 2.88. The fraction of sp³-hybridized carbons (Fsp3) is 0.333. The lowest BCUT2D eigenvalue weighted by Crippen LogP contribution is -2.28. The summed E-state index contributed by atoms with van der Waals surface area (Å²) in [6, 6.07) is 7.96. The van der Waals surface area contributed by atoms with Crippen LogP contribution in [0.1, 0.15) is 23.5 Å². The second kappa shape index (κ2) is 7.29. The number of amides is 1. The Bertz CT molecular complexity index is 957. The lowest BCUT2D eigenvalue weighted by atomic mass is 10.2. The Morgan fingerprint density at radius 2 is 2.08 bits per heavy atom. The van der Waals surface area contributed by atoms with Gasteiger partial charge in [0.15, 0.2) is 0 Å². The number of hydrogen-bond acceptors (Lipinski definition) is 4. The molecule has 1 aromatic carbocycles. The Morgan fingerprint density at radius 1 is 1.28 bits per heavy atom. The minimum atomic E-state index is -0.192. The molecule has 0 radical (unpaired) electrons. The third kappa shape index (κ3) is 3.93. The summed E-state index contributed by atoms with van der Waals surface area (Å²) in [6.45, 7) is 4.73. The van der Waals surface area contributed by atoms with Crippen molar-refractivity contribution in [2.24, 2.45) is 0 Å². The Morgan fingerprint density at radius 3 is 2.92 bits per heavy atom. The van der Waals surface area contributed by atoms with Gasteiger partial charge in [0.25, 0.3) is 5.56 Å². The number of aryl methyl sites for hydroxylation is 2. The van der Waals surface area contributed by atoms with Gasteiger partial charge in [0.05, 0.1) is 29.5 Å². The Labute approximate surface area is 145 Å². The number of carbonyl (C=O) groups excluding carboxylic acids is 1. The van der Waals surface area contributed by atoms with Crippen molar-refractivity contribution in [1.29, 1.82) is 0 Å². The Kier molecular flexibility index (Phi) is 4.92. The van der Waals surface area contributed by atoms with Crippen LogP contribution in [0.3, 0.4) is 0 Å². The number of hydrogen-bond donors (Lipinski definition) is 2. The summed E-state index contributed by atoms with van der Waals surface area (Å²) in [6.07, 6.45) is 2.73. The quantitative estimate of drug-likeness (QED) is 0.666. The molecule has 0 bridgehead atoms. The first kappa shape index (κ1) is 16.9. The van der Waals surface area contributed by atoms with Crippen molar-refractivity contribution < 1.29 is 4.79 Å². The normalized spacial score (nSPS) is 11.0. The lowest BCUT2D eigenvalue weighted by molar-refractivity contribution is -0.120. The van der Waals surface area contributed by atoms with Crippen LogP contribution in [0.25, 0.3) is 11.0 Å². The van der Waals surface area contributed by atoms with Gasteiger partial charge in [0.2, 0.25) is 5.91 Å². The van der Waals surface area contributed by atoms with Gasteiger partial charge in [-0.15, -0.1) is 0 Å². The topological polar surface area (TPSA) is 92.7 Å². The molecule has 2 aromatic heterocycles. The zero-order valence-electron chi connectivity index (χ0n) is 14.4. The minimum Gasteiger partial charge on any atom is -0.356 e. The van der Waals surface area contributed by atoms with Crippen LogP contribution in [0, 0.1) is 13.8 Å². The van der Waals surface area contributed by atoms with E-state index in [-0.39, 0.29) is 17.9 Å². The first-order chi connectivity index (χ1) is 12.0. The van der Waals surface area contributed by atoms with Crippen LogP contribution in [0.2, 0.25) is 0 Å². The third-order valence-electron chi connectivity index (χ3n) is 4.12. The van der Waals surface area contributed by atoms with Crippen LogP contribution in [-0.4, -0.2) is 32.0 Å². The van der Waals surface area contributed by atoms with E-state index in [4.69, 9.17) is 0 Å². The summed E-state index contributed by atoms with van der Waals surface area (Å²) >= 11 is 0. The number of fused-ring (bicyclic) bond motifs is 1. The number of H-pyrrole nitrogens is 1. The van der Waals surface area contributed by atoms with Gasteiger partial charge in [-0.3, -0.25) is 9.59 Å². The summed E-state index contributed by atoms with van der Waals surface area (Å²) in [5.41, 5.74) is 2.89. The summed E-state index contributed by atoms with van der Waals surface area (Å²) in [7, 11) is 0. The molecular formula is C18H21N5O2. The molecule has 0 saturated heterocycles. The highest BCUT2D eigenvalue weighted by atomic mass is 16.1. The van der Waals surface area contributed by atoms with Crippen molar-refractivity contribution in [3.05, 3.63) is 58.0 Å². The van der Waals surface area contributed by atoms with E-state index in [1.54, 1.807) is 13.8 Å². The number of aromatic amines is 1. The van der Waals surface area contributed by atoms with Gasteiger partial charge in [0.1, 0.15) is 5.82 Å². The van der Waals surface area contributed by atoms with Crippen LogP contribution in [0.15, 0.2) is 35.4 Å². The molecule has 0 saturated carbocycles. The number of nitrogens with zero attached hydrogens (tertiary/aromatic N) is 3. The zero-order valence-corrected chi connectivity index (χ0v) is 14.4. The molecule has 7 nitrogen and oxygen atoms in total. The summed E-state index contributed by atoms with van der Waals surface area (Å²) < 4.78 is 2.08. The van der Waals surface area contributed by atoms with Gasteiger partial charge in [-0.2, -0.15) is 0 Å². The van der Waals surface area contributed by atoms with E-state index in [0.29, 0.717) is 23.6 Å². The predicted molar refractivity (Wildman–Crippen MR) is 95.4 cm³/mol. The second-order valence-electron chi connectivity index (χ2n) is 6.03. The highest BCUT2D eigenvalue weighted by Crippen LogP contribution is 2.11. The third-order valence-corrected chi connectivity index (χ3v) is 4.12. The fourth-order valence-electron chi connectivity index (χ4n) is 2.76.